The zero-order chi connectivity index (χ0) is 9.07. The topological polar surface area (TPSA) is 34.1 Å². The lowest BCUT2D eigenvalue weighted by Crippen LogP contribution is -2.01. The van der Waals surface area contributed by atoms with Crippen molar-refractivity contribution in [2.45, 2.75) is 27.7 Å². The van der Waals surface area contributed by atoms with Crippen LogP contribution in [0.25, 0.3) is 0 Å². The molecule has 2 nitrogen and oxygen atoms in total. The maximum atomic E-state index is 11.4. The highest BCUT2D eigenvalue weighted by Crippen LogP contribution is 2.15. The third-order valence-electron chi connectivity index (χ3n) is 1.66. The number of hydrogen-bond donors (Lipinski definition) is 0. The predicted molar refractivity (Wildman–Crippen MR) is 47.8 cm³/mol. The highest BCUT2D eigenvalue weighted by atomic mass is 32.2. The molecule has 0 saturated heterocycles. The first-order valence-electron chi connectivity index (χ1n) is 3.47. The minimum atomic E-state index is -3.12. The lowest BCUT2D eigenvalue weighted by atomic mass is 10.6. The zero-order valence-corrected chi connectivity index (χ0v) is 8.20. The molecule has 0 aliphatic carbocycles. The van der Waals surface area contributed by atoms with Gasteiger partial charge in [0.05, 0.1) is 0 Å². The maximum Gasteiger partial charge on any atom is 0.197 e. The van der Waals surface area contributed by atoms with Crippen molar-refractivity contribution in [3.8, 4) is 0 Å². The van der Waals surface area contributed by atoms with Gasteiger partial charge in [0.25, 0.3) is 0 Å². The lowest BCUT2D eigenvalue weighted by Gasteiger charge is -2.02. The van der Waals surface area contributed by atoms with Gasteiger partial charge < -0.3 is 0 Å². The van der Waals surface area contributed by atoms with Crippen LogP contribution in [0, 0.1) is 0 Å². The van der Waals surface area contributed by atoms with E-state index in [2.05, 4.69) is 0 Å². The Hall–Kier alpha value is -0.570. The van der Waals surface area contributed by atoms with Crippen molar-refractivity contribution in [1.82, 2.24) is 0 Å². The lowest BCUT2D eigenvalue weighted by molar-refractivity contribution is 0.607. The van der Waals surface area contributed by atoms with Crippen LogP contribution < -0.4 is 0 Å². The van der Waals surface area contributed by atoms with Crippen LogP contribution >= 0.6 is 0 Å². The van der Waals surface area contributed by atoms with E-state index in [0.717, 1.165) is 0 Å². The molecule has 0 unspecified atom stereocenters. The minimum absolute atomic E-state index is 0.410. The molecule has 0 rings (SSSR count). The van der Waals surface area contributed by atoms with Crippen LogP contribution in [0.4, 0.5) is 0 Å². The molecule has 0 aliphatic heterocycles. The summed E-state index contributed by atoms with van der Waals surface area (Å²) < 4.78 is 22.7. The number of rotatable bonds is 2. The predicted octanol–water partition coefficient (Wildman–Crippen LogP) is 2.25. The second kappa shape index (κ2) is 3.72. The Bertz CT molecular complexity index is 257. The number of sulfone groups is 1. The van der Waals surface area contributed by atoms with Gasteiger partial charge in [-0.05, 0) is 27.7 Å². The van der Waals surface area contributed by atoms with Crippen molar-refractivity contribution >= 4 is 9.84 Å². The van der Waals surface area contributed by atoms with E-state index < -0.39 is 9.84 Å². The van der Waals surface area contributed by atoms with Gasteiger partial charge in [-0.15, -0.1) is 0 Å². The average Bonchev–Trinajstić information content (AvgIpc) is 2.01. The highest BCUT2D eigenvalue weighted by molar-refractivity contribution is 7.98. The summed E-state index contributed by atoms with van der Waals surface area (Å²) in [6.07, 6.45) is 3.20. The summed E-state index contributed by atoms with van der Waals surface area (Å²) in [6.45, 7) is 6.64. The van der Waals surface area contributed by atoms with Gasteiger partial charge in [0.15, 0.2) is 9.84 Å². The third kappa shape index (κ3) is 2.19. The molecule has 0 atom stereocenters. The van der Waals surface area contributed by atoms with Crippen molar-refractivity contribution in [3.05, 3.63) is 22.0 Å². The van der Waals surface area contributed by atoms with E-state index >= 15 is 0 Å². The molecular formula is C8H14O2S. The average molecular weight is 174 g/mol. The van der Waals surface area contributed by atoms with Gasteiger partial charge in [0, 0.05) is 9.81 Å². The summed E-state index contributed by atoms with van der Waals surface area (Å²) in [5, 5.41) is 0. The quantitative estimate of drug-likeness (QED) is 0.643. The number of allylic oxidation sites excluding steroid dienone is 4. The molecule has 11 heavy (non-hydrogen) atoms. The smallest absolute Gasteiger partial charge is 0.197 e. The van der Waals surface area contributed by atoms with E-state index in [9.17, 15) is 8.42 Å². The molecule has 0 heterocycles. The summed E-state index contributed by atoms with van der Waals surface area (Å²) in [5.41, 5.74) is 0. The van der Waals surface area contributed by atoms with Crippen LogP contribution in [-0.4, -0.2) is 8.42 Å². The van der Waals surface area contributed by atoms with Gasteiger partial charge in [0.2, 0.25) is 0 Å². The SMILES string of the molecule is CC=C(C)S(=O)(=O)C(C)=CC. The first kappa shape index (κ1) is 10.4. The van der Waals surface area contributed by atoms with E-state index in [1.54, 1.807) is 39.8 Å². The summed E-state index contributed by atoms with van der Waals surface area (Å²) in [4.78, 5) is 0.821. The Morgan fingerprint density at radius 2 is 1.27 bits per heavy atom. The summed E-state index contributed by atoms with van der Waals surface area (Å²) in [6, 6.07) is 0. The van der Waals surface area contributed by atoms with E-state index in [1.807, 2.05) is 0 Å². The van der Waals surface area contributed by atoms with E-state index in [1.165, 1.54) is 0 Å². The molecule has 0 aliphatic rings. The van der Waals surface area contributed by atoms with Gasteiger partial charge in [-0.3, -0.25) is 0 Å². The summed E-state index contributed by atoms with van der Waals surface area (Å²) >= 11 is 0. The van der Waals surface area contributed by atoms with Crippen LogP contribution in [0.1, 0.15) is 27.7 Å². The van der Waals surface area contributed by atoms with Crippen molar-refractivity contribution < 1.29 is 8.42 Å². The summed E-state index contributed by atoms with van der Waals surface area (Å²) in [5.74, 6) is 0. The van der Waals surface area contributed by atoms with Gasteiger partial charge in [-0.25, -0.2) is 8.42 Å². The fourth-order valence-electron chi connectivity index (χ4n) is 0.564. The van der Waals surface area contributed by atoms with Crippen LogP contribution in [0.2, 0.25) is 0 Å². The minimum Gasteiger partial charge on any atom is -0.219 e. The molecule has 0 amide bonds. The van der Waals surface area contributed by atoms with Crippen LogP contribution in [0.15, 0.2) is 22.0 Å². The standard InChI is InChI=1S/C8H14O2S/c1-5-7(3)11(9,10)8(4)6-2/h5-6H,1-4H3. The Balaban J connectivity index is 5.09. The summed E-state index contributed by atoms with van der Waals surface area (Å²) in [7, 11) is -3.12. The van der Waals surface area contributed by atoms with Gasteiger partial charge in [-0.1, -0.05) is 12.2 Å². The monoisotopic (exact) mass is 174 g/mol. The van der Waals surface area contributed by atoms with Crippen molar-refractivity contribution in [2.24, 2.45) is 0 Å². The van der Waals surface area contributed by atoms with Crippen molar-refractivity contribution in [2.75, 3.05) is 0 Å². The number of hydrogen-bond acceptors (Lipinski definition) is 2. The fourth-order valence-corrected chi connectivity index (χ4v) is 1.69. The van der Waals surface area contributed by atoms with E-state index in [-0.39, 0.29) is 0 Å². The fraction of sp³-hybridized carbons (Fsp3) is 0.500. The third-order valence-corrected chi connectivity index (χ3v) is 3.83. The molecule has 0 saturated carbocycles. The van der Waals surface area contributed by atoms with Gasteiger partial charge in [-0.2, -0.15) is 0 Å². The molecule has 0 radical (unpaired) electrons. The van der Waals surface area contributed by atoms with Crippen LogP contribution in [-0.2, 0) is 9.84 Å². The first-order chi connectivity index (χ1) is 4.96. The normalized spacial score (nSPS) is 15.3. The molecule has 0 aromatic carbocycles. The second-order valence-electron chi connectivity index (χ2n) is 2.30. The van der Waals surface area contributed by atoms with Gasteiger partial charge in [0.1, 0.15) is 0 Å². The largest absolute Gasteiger partial charge is 0.219 e. The Morgan fingerprint density at radius 1 is 1.00 bits per heavy atom. The Kier molecular flexibility index (Phi) is 3.52. The Labute approximate surface area is 68.5 Å². The molecule has 0 bridgehead atoms. The first-order valence-corrected chi connectivity index (χ1v) is 4.96. The molecule has 0 N–H and O–H groups in total. The van der Waals surface area contributed by atoms with Crippen molar-refractivity contribution in [3.63, 3.8) is 0 Å². The molecule has 0 spiro atoms. The maximum absolute atomic E-state index is 11.4. The second-order valence-corrected chi connectivity index (χ2v) is 4.60. The zero-order valence-electron chi connectivity index (χ0n) is 7.38. The Morgan fingerprint density at radius 3 is 1.45 bits per heavy atom. The molecular weight excluding hydrogens is 160 g/mol. The van der Waals surface area contributed by atoms with Crippen molar-refractivity contribution in [1.29, 1.82) is 0 Å². The van der Waals surface area contributed by atoms with E-state index in [4.69, 9.17) is 0 Å². The van der Waals surface area contributed by atoms with Gasteiger partial charge >= 0.3 is 0 Å². The van der Waals surface area contributed by atoms with Crippen LogP contribution in [0.5, 0.6) is 0 Å². The highest BCUT2D eigenvalue weighted by Gasteiger charge is 2.13. The van der Waals surface area contributed by atoms with E-state index in [0.29, 0.717) is 9.81 Å². The molecule has 0 aromatic heterocycles. The van der Waals surface area contributed by atoms with Crippen LogP contribution in [0.3, 0.4) is 0 Å². The molecule has 0 fully saturated rings. The molecule has 64 valence electrons. The molecule has 0 aromatic rings. The molecule has 3 heteroatoms.